The van der Waals surface area contributed by atoms with E-state index in [0.29, 0.717) is 4.57 Å². The molecule has 0 aliphatic carbocycles. The third-order valence-electron chi connectivity index (χ3n) is 5.03. The van der Waals surface area contributed by atoms with E-state index in [9.17, 15) is 24.6 Å². The fourth-order valence-electron chi connectivity index (χ4n) is 3.60. The van der Waals surface area contributed by atoms with Crippen molar-refractivity contribution in [2.45, 2.75) is 30.2 Å². The molecule has 1 aliphatic heterocycles. The largest absolute Gasteiger partial charge is 0.394 e. The van der Waals surface area contributed by atoms with Crippen LogP contribution in [0.2, 0.25) is 0 Å². The predicted octanol–water partition coefficient (Wildman–Crippen LogP) is -0.473. The average Bonchev–Trinajstić information content (AvgIpc) is 2.84. The van der Waals surface area contributed by atoms with Gasteiger partial charge in [0.1, 0.15) is 11.7 Å². The highest BCUT2D eigenvalue weighted by Gasteiger charge is 2.78. The van der Waals surface area contributed by atoms with E-state index >= 15 is 4.39 Å². The van der Waals surface area contributed by atoms with E-state index in [1.807, 2.05) is 4.98 Å². The number of benzene rings is 1. The van der Waals surface area contributed by atoms with Gasteiger partial charge in [-0.2, -0.15) is 4.39 Å². The van der Waals surface area contributed by atoms with E-state index in [-0.39, 0.29) is 5.56 Å². The first kappa shape index (κ1) is 20.1. The van der Waals surface area contributed by atoms with E-state index in [1.165, 1.54) is 24.3 Å². The molecule has 0 radical (unpaired) electrons. The second-order valence-electron chi connectivity index (χ2n) is 6.56. The normalized spacial score (nSPS) is 32.4. The number of Topliss-reactive ketones (excluding diaryl/α,β-unsaturated/α-hetero) is 1. The van der Waals surface area contributed by atoms with E-state index < -0.39 is 46.9 Å². The van der Waals surface area contributed by atoms with Gasteiger partial charge in [0.25, 0.3) is 5.56 Å². The third-order valence-corrected chi connectivity index (χ3v) is 5.03. The van der Waals surface area contributed by atoms with Crippen LogP contribution in [0.1, 0.15) is 17.3 Å². The van der Waals surface area contributed by atoms with Gasteiger partial charge in [0, 0.05) is 24.9 Å². The number of H-pyrrole nitrogens is 1. The maximum atomic E-state index is 16.4. The number of alkyl halides is 1. The molecular weight excluding hydrogens is 375 g/mol. The van der Waals surface area contributed by atoms with Crippen molar-refractivity contribution < 1.29 is 28.9 Å². The van der Waals surface area contributed by atoms with Crippen LogP contribution in [-0.2, 0) is 15.5 Å². The summed E-state index contributed by atoms with van der Waals surface area (Å²) >= 11 is 0. The molecule has 28 heavy (non-hydrogen) atoms. The number of aliphatic hydroxyl groups excluding tert-OH is 1. The Kier molecular flexibility index (Phi) is 4.84. The highest BCUT2D eigenvalue weighted by atomic mass is 19.2. The number of hydrogen-bond donors (Lipinski definition) is 3. The van der Waals surface area contributed by atoms with Crippen LogP contribution in [0.3, 0.4) is 0 Å². The number of carbonyl (C=O) groups is 1. The number of aromatic nitrogens is 2. The number of methoxy groups -OCH3 is 1. The molecule has 3 rings (SSSR count). The predicted molar refractivity (Wildman–Crippen MR) is 93.5 cm³/mol. The molecule has 1 aromatic carbocycles. The highest BCUT2D eigenvalue weighted by Crippen LogP contribution is 2.53. The lowest BCUT2D eigenvalue weighted by atomic mass is 9.75. The second-order valence-corrected chi connectivity index (χ2v) is 6.56. The number of ketones is 1. The smallest absolute Gasteiger partial charge is 0.338 e. The monoisotopic (exact) mass is 394 g/mol. The first-order valence-corrected chi connectivity index (χ1v) is 8.33. The molecule has 0 amide bonds. The summed E-state index contributed by atoms with van der Waals surface area (Å²) in [5, 5.41) is 20.7. The van der Waals surface area contributed by atoms with Crippen LogP contribution in [0.4, 0.5) is 4.39 Å². The summed E-state index contributed by atoms with van der Waals surface area (Å²) < 4.78 is 27.2. The lowest BCUT2D eigenvalue weighted by molar-refractivity contribution is -0.272. The number of ether oxygens (including phenoxy) is 2. The van der Waals surface area contributed by atoms with Crippen molar-refractivity contribution in [2.24, 2.45) is 0 Å². The fraction of sp³-hybridized carbons (Fsp3) is 0.389. The van der Waals surface area contributed by atoms with Gasteiger partial charge in [0.2, 0.25) is 11.4 Å². The van der Waals surface area contributed by atoms with Gasteiger partial charge in [-0.15, -0.1) is 0 Å². The Labute approximate surface area is 158 Å². The number of aliphatic hydroxyl groups is 2. The number of nitrogens with zero attached hydrogens (tertiary/aromatic N) is 1. The molecule has 9 nitrogen and oxygen atoms in total. The van der Waals surface area contributed by atoms with Gasteiger partial charge < -0.3 is 19.7 Å². The first-order chi connectivity index (χ1) is 13.2. The molecule has 0 unspecified atom stereocenters. The molecule has 2 heterocycles. The number of aromatic amines is 1. The van der Waals surface area contributed by atoms with Crippen molar-refractivity contribution in [1.29, 1.82) is 0 Å². The summed E-state index contributed by atoms with van der Waals surface area (Å²) in [7, 11) is 0.976. The van der Waals surface area contributed by atoms with E-state index in [4.69, 9.17) is 9.47 Å². The topological polar surface area (TPSA) is 131 Å². The van der Waals surface area contributed by atoms with Crippen LogP contribution in [0.5, 0.6) is 0 Å². The zero-order valence-corrected chi connectivity index (χ0v) is 15.1. The number of hydrogen-bond acceptors (Lipinski definition) is 7. The molecule has 0 saturated carbocycles. The Morgan fingerprint density at radius 1 is 1.32 bits per heavy atom. The second kappa shape index (κ2) is 6.74. The van der Waals surface area contributed by atoms with Gasteiger partial charge in [-0.3, -0.25) is 14.6 Å². The van der Waals surface area contributed by atoms with E-state index in [2.05, 4.69) is 0 Å². The quantitative estimate of drug-likeness (QED) is 0.584. The summed E-state index contributed by atoms with van der Waals surface area (Å²) in [6, 6.07) is 8.28. The first-order valence-electron chi connectivity index (χ1n) is 8.33. The lowest BCUT2D eigenvalue weighted by Gasteiger charge is -2.42. The number of halogens is 1. The molecular formula is C18H19FN2O7. The van der Waals surface area contributed by atoms with Crippen LogP contribution in [0, 0.1) is 0 Å². The summed E-state index contributed by atoms with van der Waals surface area (Å²) in [5.41, 5.74) is -7.23. The van der Waals surface area contributed by atoms with Crippen molar-refractivity contribution in [2.75, 3.05) is 13.7 Å². The zero-order chi connectivity index (χ0) is 20.7. The summed E-state index contributed by atoms with van der Waals surface area (Å²) in [6.45, 7) is 0.195. The number of rotatable bonds is 5. The molecule has 0 spiro atoms. The number of nitrogens with one attached hydrogen (secondary N) is 1. The third kappa shape index (κ3) is 2.49. The Bertz CT molecular complexity index is 1000. The molecule has 2 aromatic rings. The van der Waals surface area contributed by atoms with E-state index in [0.717, 1.165) is 26.3 Å². The van der Waals surface area contributed by atoms with Gasteiger partial charge in [0.05, 0.1) is 6.61 Å². The van der Waals surface area contributed by atoms with Crippen molar-refractivity contribution in [3.8, 4) is 0 Å². The maximum Gasteiger partial charge on any atom is 0.338 e. The fourth-order valence-corrected chi connectivity index (χ4v) is 3.60. The van der Waals surface area contributed by atoms with Crippen LogP contribution in [-0.4, -0.2) is 56.6 Å². The Hall–Kier alpha value is -2.66. The molecule has 1 saturated heterocycles. The minimum absolute atomic E-state index is 0.0219. The Morgan fingerprint density at radius 3 is 2.50 bits per heavy atom. The molecule has 1 aromatic heterocycles. The maximum absolute atomic E-state index is 16.4. The van der Waals surface area contributed by atoms with Crippen LogP contribution in [0.25, 0.3) is 0 Å². The minimum Gasteiger partial charge on any atom is -0.394 e. The van der Waals surface area contributed by atoms with Crippen LogP contribution >= 0.6 is 0 Å². The van der Waals surface area contributed by atoms with Crippen LogP contribution < -0.4 is 11.2 Å². The molecule has 1 fully saturated rings. The van der Waals surface area contributed by atoms with Gasteiger partial charge in [0.15, 0.2) is 0 Å². The molecule has 10 heteroatoms. The van der Waals surface area contributed by atoms with Gasteiger partial charge in [-0.05, 0) is 6.92 Å². The van der Waals surface area contributed by atoms with Crippen LogP contribution in [0.15, 0.2) is 52.2 Å². The number of carbonyl (C=O) groups excluding carboxylic acids is 1. The summed E-state index contributed by atoms with van der Waals surface area (Å²) in [6.07, 6.45) is -0.841. The van der Waals surface area contributed by atoms with Gasteiger partial charge >= 0.3 is 11.7 Å². The average molecular weight is 394 g/mol. The standard InChI is InChI=1S/C18H19FN2O7/c1-16(26)12(10-22)28-18(19,21-9-8-13(23)20-15(21)25)17(16,27-2)14(24)11-6-4-3-5-7-11/h3-9,12,22,26H,10H2,1-2H3,(H,20,23,25)/t12-,16-,17-,18+/m1/s1. The summed E-state index contributed by atoms with van der Waals surface area (Å²) in [4.78, 5) is 38.9. The van der Waals surface area contributed by atoms with Crippen molar-refractivity contribution >= 4 is 5.78 Å². The molecule has 1 aliphatic rings. The molecule has 3 N–H and O–H groups in total. The Morgan fingerprint density at radius 2 is 1.96 bits per heavy atom. The lowest BCUT2D eigenvalue weighted by Crippen LogP contribution is -2.68. The SMILES string of the molecule is CO[C@@]1(C(=O)c2ccccc2)[C@](F)(n2ccc(=O)[nH]c2=O)O[C@H](CO)[C@@]1(C)O. The van der Waals surface area contributed by atoms with Crippen molar-refractivity contribution in [3.05, 3.63) is 69.0 Å². The van der Waals surface area contributed by atoms with Crippen molar-refractivity contribution in [3.63, 3.8) is 0 Å². The summed E-state index contributed by atoms with van der Waals surface area (Å²) in [5.74, 6) is -4.40. The van der Waals surface area contributed by atoms with Gasteiger partial charge in [-0.25, -0.2) is 9.36 Å². The molecule has 0 bridgehead atoms. The van der Waals surface area contributed by atoms with E-state index in [1.54, 1.807) is 6.07 Å². The molecule has 4 atom stereocenters. The molecule has 150 valence electrons. The van der Waals surface area contributed by atoms with Crippen molar-refractivity contribution in [1.82, 2.24) is 9.55 Å². The Balaban J connectivity index is 2.35. The zero-order valence-electron chi connectivity index (χ0n) is 15.1. The minimum atomic E-state index is -3.38. The highest BCUT2D eigenvalue weighted by molar-refractivity contribution is 6.04. The van der Waals surface area contributed by atoms with Gasteiger partial charge in [-0.1, -0.05) is 30.3 Å².